The van der Waals surface area contributed by atoms with Gasteiger partial charge in [0, 0.05) is 23.6 Å². The van der Waals surface area contributed by atoms with Crippen LogP contribution in [0.15, 0.2) is 38.9 Å². The Hall–Kier alpha value is -3.35. The van der Waals surface area contributed by atoms with Crippen molar-refractivity contribution < 1.29 is 18.7 Å². The highest BCUT2D eigenvalue weighted by molar-refractivity contribution is 6.21. The molecular weight excluding hydrogens is 480 g/mol. The summed E-state index contributed by atoms with van der Waals surface area (Å²) in [5.74, 6) is -0.184. The van der Waals surface area contributed by atoms with E-state index in [1.807, 2.05) is 17.9 Å². The molecule has 0 bridgehead atoms. The van der Waals surface area contributed by atoms with E-state index in [1.165, 1.54) is 0 Å². The Bertz CT molecular complexity index is 1490. The predicted octanol–water partition coefficient (Wildman–Crippen LogP) is 5.21. The standard InChI is InChI=1S/C31H36N2O5/c1-6-21(34)23-26(32)38-22-15-18(3)37-27(35)24(22)31(23)20-14-17(2)13-19-25(20)33(28(31)36)30(16-29(19,4)5)11-9-7-8-10-12-30/h13-15H,6-12,16,32H2,1-5H3. The summed E-state index contributed by atoms with van der Waals surface area (Å²) in [7, 11) is 0. The number of amides is 1. The average molecular weight is 517 g/mol. The zero-order valence-electron chi connectivity index (χ0n) is 23.0. The van der Waals surface area contributed by atoms with Crippen LogP contribution in [0.5, 0.6) is 5.75 Å². The first-order chi connectivity index (χ1) is 18.0. The molecular formula is C31H36N2O5. The number of hydrogen-bond acceptors (Lipinski definition) is 6. The van der Waals surface area contributed by atoms with Gasteiger partial charge in [-0.1, -0.05) is 64.2 Å². The molecule has 1 atom stereocenters. The lowest BCUT2D eigenvalue weighted by molar-refractivity contribution is -0.125. The highest BCUT2D eigenvalue weighted by atomic mass is 16.5. The van der Waals surface area contributed by atoms with Gasteiger partial charge in [-0.05, 0) is 44.1 Å². The molecule has 2 aromatic rings. The Kier molecular flexibility index (Phi) is 5.30. The van der Waals surface area contributed by atoms with E-state index in [1.54, 1.807) is 19.9 Å². The third-order valence-corrected chi connectivity index (χ3v) is 9.27. The summed E-state index contributed by atoms with van der Waals surface area (Å²) in [4.78, 5) is 44.7. The first kappa shape index (κ1) is 25.0. The minimum atomic E-state index is -1.71. The van der Waals surface area contributed by atoms with Crippen molar-refractivity contribution in [1.29, 1.82) is 0 Å². The summed E-state index contributed by atoms with van der Waals surface area (Å²) in [6.07, 6.45) is 7.03. The van der Waals surface area contributed by atoms with E-state index in [0.717, 1.165) is 61.8 Å². The molecule has 4 aliphatic rings. The van der Waals surface area contributed by atoms with Crippen LogP contribution in [0.3, 0.4) is 0 Å². The summed E-state index contributed by atoms with van der Waals surface area (Å²) in [5, 5.41) is 0. The fourth-order valence-electron chi connectivity index (χ4n) is 7.93. The number of anilines is 1. The van der Waals surface area contributed by atoms with Crippen molar-refractivity contribution in [3.05, 3.63) is 68.1 Å². The predicted molar refractivity (Wildman–Crippen MR) is 144 cm³/mol. The summed E-state index contributed by atoms with van der Waals surface area (Å²) >= 11 is 0. The number of fused-ring (bicyclic) bond motifs is 4. The van der Waals surface area contributed by atoms with E-state index in [-0.39, 0.29) is 46.3 Å². The zero-order chi connectivity index (χ0) is 27.2. The van der Waals surface area contributed by atoms with Gasteiger partial charge in [-0.25, -0.2) is 4.79 Å². The van der Waals surface area contributed by atoms with Gasteiger partial charge in [0.2, 0.25) is 5.91 Å². The van der Waals surface area contributed by atoms with Crippen LogP contribution in [-0.4, -0.2) is 17.2 Å². The Balaban J connectivity index is 1.80. The van der Waals surface area contributed by atoms with Crippen molar-refractivity contribution >= 4 is 17.4 Å². The second kappa shape index (κ2) is 8.08. The number of rotatable bonds is 2. The van der Waals surface area contributed by atoms with Crippen LogP contribution in [0.2, 0.25) is 0 Å². The van der Waals surface area contributed by atoms with Crippen molar-refractivity contribution in [3.8, 4) is 5.75 Å². The van der Waals surface area contributed by atoms with Gasteiger partial charge in [0.1, 0.15) is 22.5 Å². The molecule has 6 rings (SSSR count). The molecule has 0 saturated heterocycles. The minimum absolute atomic E-state index is 0.0532. The Morgan fingerprint density at radius 2 is 1.68 bits per heavy atom. The molecule has 7 heteroatoms. The maximum atomic E-state index is 15.3. The van der Waals surface area contributed by atoms with Gasteiger partial charge in [-0.15, -0.1) is 0 Å². The average Bonchev–Trinajstić information content (AvgIpc) is 2.96. The smallest absolute Gasteiger partial charge is 0.344 e. The highest BCUT2D eigenvalue weighted by Gasteiger charge is 2.67. The molecule has 1 aromatic heterocycles. The first-order valence-corrected chi connectivity index (χ1v) is 13.8. The maximum Gasteiger partial charge on any atom is 0.344 e. The Morgan fingerprint density at radius 3 is 2.34 bits per heavy atom. The Labute approximate surface area is 223 Å². The fourth-order valence-corrected chi connectivity index (χ4v) is 7.93. The number of ether oxygens (including phenoxy) is 1. The zero-order valence-corrected chi connectivity index (χ0v) is 23.0. The lowest BCUT2D eigenvalue weighted by Crippen LogP contribution is -2.60. The van der Waals surface area contributed by atoms with Crippen molar-refractivity contribution in [2.45, 2.75) is 102 Å². The number of hydrogen-bond donors (Lipinski definition) is 1. The second-order valence-electron chi connectivity index (χ2n) is 12.3. The van der Waals surface area contributed by atoms with Gasteiger partial charge < -0.3 is 19.8 Å². The van der Waals surface area contributed by atoms with Crippen LogP contribution in [0.1, 0.15) is 100 Å². The van der Waals surface area contributed by atoms with E-state index in [2.05, 4.69) is 19.9 Å². The number of aryl methyl sites for hydroxylation is 2. The number of Topliss-reactive ketones (excluding diaryl/α,β-unsaturated/α-hetero) is 1. The maximum absolute atomic E-state index is 15.3. The summed E-state index contributed by atoms with van der Waals surface area (Å²) in [5.41, 5.74) is 7.12. The van der Waals surface area contributed by atoms with Crippen LogP contribution in [0.4, 0.5) is 5.69 Å². The van der Waals surface area contributed by atoms with Gasteiger partial charge in [0.15, 0.2) is 11.7 Å². The van der Waals surface area contributed by atoms with E-state index in [4.69, 9.17) is 14.9 Å². The molecule has 1 fully saturated rings. The van der Waals surface area contributed by atoms with E-state index in [9.17, 15) is 9.59 Å². The molecule has 1 unspecified atom stereocenters. The van der Waals surface area contributed by atoms with Gasteiger partial charge in [-0.2, -0.15) is 0 Å². The number of benzene rings is 1. The van der Waals surface area contributed by atoms with Gasteiger partial charge in [0.25, 0.3) is 0 Å². The summed E-state index contributed by atoms with van der Waals surface area (Å²) in [6, 6.07) is 5.72. The van der Waals surface area contributed by atoms with Crippen LogP contribution < -0.4 is 21.0 Å². The SMILES string of the molecule is CCC(=O)C1=C(N)Oc2cc(C)oc(=O)c2C12C(=O)N1c3c(cc(C)cc32)C(C)(C)CC12CCCCCC2. The molecule has 0 radical (unpaired) electrons. The third kappa shape index (κ3) is 3.04. The number of nitrogens with two attached hydrogens (primary N) is 1. The van der Waals surface area contributed by atoms with E-state index >= 15 is 4.79 Å². The van der Waals surface area contributed by atoms with Crippen molar-refractivity contribution in [2.75, 3.05) is 4.90 Å². The fraction of sp³-hybridized carbons (Fsp3) is 0.516. The van der Waals surface area contributed by atoms with Crippen molar-refractivity contribution in [2.24, 2.45) is 5.73 Å². The summed E-state index contributed by atoms with van der Waals surface area (Å²) in [6.45, 7) is 9.88. The lowest BCUT2D eigenvalue weighted by Gasteiger charge is -2.52. The molecule has 4 heterocycles. The number of nitrogens with zero attached hydrogens (tertiary/aromatic N) is 1. The molecule has 2 spiro atoms. The minimum Gasteiger partial charge on any atom is -0.440 e. The molecule has 1 saturated carbocycles. The first-order valence-electron chi connectivity index (χ1n) is 13.8. The van der Waals surface area contributed by atoms with Gasteiger partial charge in [-0.3, -0.25) is 9.59 Å². The molecule has 38 heavy (non-hydrogen) atoms. The molecule has 1 amide bonds. The topological polar surface area (TPSA) is 103 Å². The molecule has 3 aliphatic heterocycles. The van der Waals surface area contributed by atoms with E-state index in [0.29, 0.717) is 11.3 Å². The monoisotopic (exact) mass is 516 g/mol. The molecule has 1 aliphatic carbocycles. The quantitative estimate of drug-likeness (QED) is 0.588. The molecule has 200 valence electrons. The van der Waals surface area contributed by atoms with Crippen LogP contribution in [0, 0.1) is 13.8 Å². The van der Waals surface area contributed by atoms with Crippen LogP contribution in [0.25, 0.3) is 0 Å². The number of ketones is 1. The molecule has 1 aromatic carbocycles. The van der Waals surface area contributed by atoms with Crippen molar-refractivity contribution in [1.82, 2.24) is 0 Å². The van der Waals surface area contributed by atoms with Crippen molar-refractivity contribution in [3.63, 3.8) is 0 Å². The normalized spacial score (nSPS) is 24.8. The third-order valence-electron chi connectivity index (χ3n) is 9.27. The number of carbonyl (C=O) groups excluding carboxylic acids is 2. The van der Waals surface area contributed by atoms with Gasteiger partial charge in [0.05, 0.1) is 11.3 Å². The largest absolute Gasteiger partial charge is 0.440 e. The lowest BCUT2D eigenvalue weighted by atomic mass is 9.65. The van der Waals surface area contributed by atoms with Crippen LogP contribution in [-0.2, 0) is 20.4 Å². The highest BCUT2D eigenvalue weighted by Crippen LogP contribution is 2.63. The second-order valence-corrected chi connectivity index (χ2v) is 12.3. The summed E-state index contributed by atoms with van der Waals surface area (Å²) < 4.78 is 11.5. The Morgan fingerprint density at radius 1 is 1.03 bits per heavy atom. The van der Waals surface area contributed by atoms with Gasteiger partial charge >= 0.3 is 5.63 Å². The molecule has 7 nitrogen and oxygen atoms in total. The molecule has 2 N–H and O–H groups in total. The van der Waals surface area contributed by atoms with E-state index < -0.39 is 16.6 Å². The number of carbonyl (C=O) groups is 2. The van der Waals surface area contributed by atoms with Crippen LogP contribution >= 0.6 is 0 Å².